The van der Waals surface area contributed by atoms with Crippen LogP contribution in [0.5, 0.6) is 0 Å². The van der Waals surface area contributed by atoms with Crippen LogP contribution in [0.1, 0.15) is 20.3 Å². The predicted molar refractivity (Wildman–Crippen MR) is 54.8 cm³/mol. The second kappa shape index (κ2) is 3.21. The molecule has 2 rings (SSSR count). The maximum absolute atomic E-state index is 12.0. The molecule has 0 spiro atoms. The Kier molecular flexibility index (Phi) is 2.27. The van der Waals surface area contributed by atoms with Gasteiger partial charge in [-0.3, -0.25) is 10.1 Å². The van der Waals surface area contributed by atoms with Crippen molar-refractivity contribution in [1.82, 2.24) is 15.1 Å². The number of amides is 1. The number of hydrogen-bond donors (Lipinski definition) is 1. The number of nitrogens with one attached hydrogen (secondary N) is 1. The largest absolute Gasteiger partial charge is 0.323 e. The summed E-state index contributed by atoms with van der Waals surface area (Å²) in [6.07, 6.45) is 0.866. The van der Waals surface area contributed by atoms with Gasteiger partial charge in [-0.15, -0.1) is 0 Å². The van der Waals surface area contributed by atoms with Gasteiger partial charge in [0.1, 0.15) is 0 Å². The quantitative estimate of drug-likeness (QED) is 0.669. The van der Waals surface area contributed by atoms with Gasteiger partial charge < -0.3 is 9.80 Å². The molecule has 0 aliphatic carbocycles. The van der Waals surface area contributed by atoms with Crippen LogP contribution in [-0.2, 0) is 4.79 Å². The highest BCUT2D eigenvalue weighted by Gasteiger charge is 2.45. The van der Waals surface area contributed by atoms with Gasteiger partial charge in [0, 0.05) is 13.1 Å². The minimum atomic E-state index is -0.311. The zero-order valence-corrected chi connectivity index (χ0v) is 9.21. The number of likely N-dealkylation sites (N-methyl/N-ethyl adjacent to an activating group) is 1. The Morgan fingerprint density at radius 2 is 2.21 bits per heavy atom. The van der Waals surface area contributed by atoms with Gasteiger partial charge in [0.05, 0.1) is 18.2 Å². The molecule has 0 aromatic carbocycles. The summed E-state index contributed by atoms with van der Waals surface area (Å²) in [6.45, 7) is 6.82. The normalized spacial score (nSPS) is 35.1. The number of carbonyl (C=O) groups is 1. The van der Waals surface area contributed by atoms with Crippen molar-refractivity contribution in [2.45, 2.75) is 31.8 Å². The first kappa shape index (κ1) is 9.93. The maximum Gasteiger partial charge on any atom is 0.243 e. The molecule has 1 N–H and O–H groups in total. The Morgan fingerprint density at radius 3 is 2.64 bits per heavy atom. The number of rotatable bonds is 2. The van der Waals surface area contributed by atoms with Crippen molar-refractivity contribution in [2.24, 2.45) is 0 Å². The van der Waals surface area contributed by atoms with E-state index < -0.39 is 0 Å². The molecule has 2 aliphatic rings. The summed E-state index contributed by atoms with van der Waals surface area (Å²) >= 11 is 0. The third kappa shape index (κ3) is 1.33. The van der Waals surface area contributed by atoms with E-state index in [1.54, 1.807) is 0 Å². The van der Waals surface area contributed by atoms with Crippen LogP contribution in [-0.4, -0.2) is 54.1 Å². The van der Waals surface area contributed by atoms with Gasteiger partial charge in [-0.05, 0) is 20.4 Å². The van der Waals surface area contributed by atoms with Crippen LogP contribution in [0, 0.1) is 0 Å². The average molecular weight is 197 g/mol. The van der Waals surface area contributed by atoms with Crippen LogP contribution in [0.3, 0.4) is 0 Å². The van der Waals surface area contributed by atoms with E-state index in [-0.39, 0.29) is 11.4 Å². The van der Waals surface area contributed by atoms with E-state index in [0.717, 1.165) is 26.2 Å². The number of nitrogens with zero attached hydrogens (tertiary/aromatic N) is 2. The van der Waals surface area contributed by atoms with Gasteiger partial charge in [-0.2, -0.15) is 0 Å². The molecule has 1 unspecified atom stereocenters. The molecule has 4 heteroatoms. The highest BCUT2D eigenvalue weighted by Crippen LogP contribution is 2.24. The molecular formula is C10H19N3O. The van der Waals surface area contributed by atoms with Gasteiger partial charge >= 0.3 is 0 Å². The molecule has 0 saturated carbocycles. The lowest BCUT2D eigenvalue weighted by Crippen LogP contribution is -2.59. The smallest absolute Gasteiger partial charge is 0.243 e. The van der Waals surface area contributed by atoms with Crippen LogP contribution in [0.15, 0.2) is 0 Å². The van der Waals surface area contributed by atoms with Crippen LogP contribution < -0.4 is 5.32 Å². The Bertz CT molecular complexity index is 250. The van der Waals surface area contributed by atoms with E-state index in [0.29, 0.717) is 6.04 Å². The monoisotopic (exact) mass is 197 g/mol. The highest BCUT2D eigenvalue weighted by atomic mass is 16.2. The first-order valence-electron chi connectivity index (χ1n) is 5.31. The fourth-order valence-corrected chi connectivity index (χ4v) is 2.16. The van der Waals surface area contributed by atoms with Crippen molar-refractivity contribution in [2.75, 3.05) is 26.8 Å². The van der Waals surface area contributed by atoms with Crippen LogP contribution in [0.25, 0.3) is 0 Å². The minimum Gasteiger partial charge on any atom is -0.323 e. The maximum atomic E-state index is 12.0. The Hall–Kier alpha value is -0.610. The highest BCUT2D eigenvalue weighted by molar-refractivity contribution is 5.88. The molecule has 4 nitrogen and oxygen atoms in total. The Balaban J connectivity index is 2.00. The fraction of sp³-hybridized carbons (Fsp3) is 0.900. The Labute approximate surface area is 85.2 Å². The molecule has 0 bridgehead atoms. The molecule has 1 atom stereocenters. The fourth-order valence-electron chi connectivity index (χ4n) is 2.16. The van der Waals surface area contributed by atoms with Crippen LogP contribution in [0.2, 0.25) is 0 Å². The molecule has 14 heavy (non-hydrogen) atoms. The first-order valence-corrected chi connectivity index (χ1v) is 5.31. The topological polar surface area (TPSA) is 35.6 Å². The standard InChI is InChI=1S/C10H19N3O/c1-4-10(2)9(14)13(7-11-10)8-5-12(3)6-8/h8,11H,4-7H2,1-3H3. The lowest BCUT2D eigenvalue weighted by Gasteiger charge is -2.41. The summed E-state index contributed by atoms with van der Waals surface area (Å²) < 4.78 is 0. The van der Waals surface area contributed by atoms with E-state index in [1.165, 1.54) is 0 Å². The van der Waals surface area contributed by atoms with Gasteiger partial charge in [-0.25, -0.2) is 0 Å². The third-order valence-electron chi connectivity index (χ3n) is 3.57. The van der Waals surface area contributed by atoms with E-state index in [9.17, 15) is 4.79 Å². The minimum absolute atomic E-state index is 0.276. The molecule has 80 valence electrons. The van der Waals surface area contributed by atoms with E-state index in [1.807, 2.05) is 11.8 Å². The second-order valence-corrected chi connectivity index (χ2v) is 4.67. The van der Waals surface area contributed by atoms with Crippen LogP contribution in [0.4, 0.5) is 0 Å². The predicted octanol–water partition coefficient (Wildman–Crippen LogP) is -0.142. The van der Waals surface area contributed by atoms with Crippen molar-refractivity contribution in [3.63, 3.8) is 0 Å². The molecule has 2 saturated heterocycles. The molecule has 1 amide bonds. The summed E-state index contributed by atoms with van der Waals surface area (Å²) in [4.78, 5) is 16.3. The lowest BCUT2D eigenvalue weighted by atomic mass is 9.98. The number of carbonyl (C=O) groups excluding carboxylic acids is 1. The number of hydrogen-bond acceptors (Lipinski definition) is 3. The van der Waals surface area contributed by atoms with E-state index in [4.69, 9.17) is 0 Å². The molecule has 0 aromatic rings. The van der Waals surface area contributed by atoms with E-state index >= 15 is 0 Å². The Morgan fingerprint density at radius 1 is 1.57 bits per heavy atom. The summed E-state index contributed by atoms with van der Waals surface area (Å²) in [5.41, 5.74) is -0.311. The summed E-state index contributed by atoms with van der Waals surface area (Å²) in [5, 5.41) is 3.30. The second-order valence-electron chi connectivity index (χ2n) is 4.67. The van der Waals surface area contributed by atoms with Gasteiger partial charge in [0.2, 0.25) is 5.91 Å². The van der Waals surface area contributed by atoms with E-state index in [2.05, 4.69) is 24.2 Å². The van der Waals surface area contributed by atoms with Crippen molar-refractivity contribution in [3.8, 4) is 0 Å². The zero-order valence-electron chi connectivity index (χ0n) is 9.21. The third-order valence-corrected chi connectivity index (χ3v) is 3.57. The van der Waals surface area contributed by atoms with Crippen molar-refractivity contribution < 1.29 is 4.79 Å². The average Bonchev–Trinajstić information content (AvgIpc) is 2.41. The van der Waals surface area contributed by atoms with Gasteiger partial charge in [-0.1, -0.05) is 6.92 Å². The number of likely N-dealkylation sites (tertiary alicyclic amines) is 1. The lowest BCUT2D eigenvalue weighted by molar-refractivity contribution is -0.136. The summed E-state index contributed by atoms with van der Waals surface area (Å²) in [7, 11) is 2.09. The van der Waals surface area contributed by atoms with Crippen molar-refractivity contribution in [1.29, 1.82) is 0 Å². The molecule has 0 aromatic heterocycles. The van der Waals surface area contributed by atoms with Crippen LogP contribution >= 0.6 is 0 Å². The van der Waals surface area contributed by atoms with Gasteiger partial charge in [0.15, 0.2) is 0 Å². The molecule has 2 aliphatic heterocycles. The van der Waals surface area contributed by atoms with Crippen molar-refractivity contribution >= 4 is 5.91 Å². The van der Waals surface area contributed by atoms with Crippen molar-refractivity contribution in [3.05, 3.63) is 0 Å². The molecule has 0 radical (unpaired) electrons. The van der Waals surface area contributed by atoms with Gasteiger partial charge in [0.25, 0.3) is 0 Å². The molecule has 2 heterocycles. The molecular weight excluding hydrogens is 178 g/mol. The SMILES string of the molecule is CCC1(C)NCN(C2CN(C)C2)C1=O. The summed E-state index contributed by atoms with van der Waals surface area (Å²) in [6, 6.07) is 0.438. The zero-order chi connectivity index (χ0) is 10.3. The first-order chi connectivity index (χ1) is 6.57. The summed E-state index contributed by atoms with van der Waals surface area (Å²) in [5.74, 6) is 0.276. The molecule has 2 fully saturated rings.